The lowest BCUT2D eigenvalue weighted by Gasteiger charge is -2.03. The second kappa shape index (κ2) is 2.82. The molecule has 0 aromatic rings. The molecule has 0 spiro atoms. The number of carbonyl (C=O) groups excluding carboxylic acids is 1. The summed E-state index contributed by atoms with van der Waals surface area (Å²) in [5.74, 6) is 0.299. The van der Waals surface area contributed by atoms with Crippen LogP contribution >= 0.6 is 0 Å². The van der Waals surface area contributed by atoms with Crippen molar-refractivity contribution in [3.63, 3.8) is 0 Å². The number of amides is 1. The maximum atomic E-state index is 10.9. The molecule has 2 N–H and O–H groups in total. The molecule has 0 saturated carbocycles. The SMILES string of the molecule is CC1CNCCNC1=O. The minimum absolute atomic E-state index is 0.132. The summed E-state index contributed by atoms with van der Waals surface area (Å²) < 4.78 is 0. The van der Waals surface area contributed by atoms with Crippen molar-refractivity contribution in [1.29, 1.82) is 0 Å². The van der Waals surface area contributed by atoms with E-state index in [1.165, 1.54) is 0 Å². The average molecular weight is 128 g/mol. The largest absolute Gasteiger partial charge is 0.355 e. The Morgan fingerprint density at radius 3 is 3.11 bits per heavy atom. The van der Waals surface area contributed by atoms with Crippen LogP contribution in [0.3, 0.4) is 0 Å². The Morgan fingerprint density at radius 2 is 2.33 bits per heavy atom. The fraction of sp³-hybridized carbons (Fsp3) is 0.833. The van der Waals surface area contributed by atoms with Gasteiger partial charge in [0.1, 0.15) is 0 Å². The molecule has 9 heavy (non-hydrogen) atoms. The highest BCUT2D eigenvalue weighted by molar-refractivity contribution is 5.78. The molecule has 1 atom stereocenters. The topological polar surface area (TPSA) is 41.1 Å². The number of hydrogen-bond acceptors (Lipinski definition) is 2. The maximum Gasteiger partial charge on any atom is 0.224 e. The maximum absolute atomic E-state index is 10.9. The Hall–Kier alpha value is -0.570. The Balaban J connectivity index is 2.41. The monoisotopic (exact) mass is 128 g/mol. The van der Waals surface area contributed by atoms with E-state index in [-0.39, 0.29) is 11.8 Å². The summed E-state index contributed by atoms with van der Waals surface area (Å²) in [6.07, 6.45) is 0. The molecule has 0 radical (unpaired) electrons. The Bertz CT molecular complexity index is 114. The van der Waals surface area contributed by atoms with Gasteiger partial charge in [-0.15, -0.1) is 0 Å². The van der Waals surface area contributed by atoms with E-state index in [1.807, 2.05) is 6.92 Å². The van der Waals surface area contributed by atoms with Gasteiger partial charge in [0, 0.05) is 25.6 Å². The van der Waals surface area contributed by atoms with Crippen molar-refractivity contribution in [2.24, 2.45) is 5.92 Å². The zero-order chi connectivity index (χ0) is 6.69. The lowest BCUT2D eigenvalue weighted by molar-refractivity contribution is -0.123. The first-order valence-electron chi connectivity index (χ1n) is 3.29. The van der Waals surface area contributed by atoms with E-state index >= 15 is 0 Å². The number of carbonyl (C=O) groups is 1. The average Bonchev–Trinajstić information content (AvgIpc) is 1.99. The second-order valence-corrected chi connectivity index (χ2v) is 2.40. The van der Waals surface area contributed by atoms with Crippen molar-refractivity contribution < 1.29 is 4.79 Å². The van der Waals surface area contributed by atoms with Gasteiger partial charge in [0.2, 0.25) is 5.91 Å². The van der Waals surface area contributed by atoms with Gasteiger partial charge in [-0.05, 0) is 0 Å². The highest BCUT2D eigenvalue weighted by Crippen LogP contribution is 1.93. The molecule has 1 unspecified atom stereocenters. The van der Waals surface area contributed by atoms with Gasteiger partial charge in [-0.2, -0.15) is 0 Å². The molecule has 52 valence electrons. The van der Waals surface area contributed by atoms with Gasteiger partial charge in [0.05, 0.1) is 0 Å². The quantitative estimate of drug-likeness (QED) is 0.455. The van der Waals surface area contributed by atoms with Crippen LogP contribution in [0.5, 0.6) is 0 Å². The van der Waals surface area contributed by atoms with Crippen LogP contribution in [0.2, 0.25) is 0 Å². The molecule has 1 rings (SSSR count). The molecule has 1 fully saturated rings. The van der Waals surface area contributed by atoms with Crippen LogP contribution in [0.25, 0.3) is 0 Å². The zero-order valence-corrected chi connectivity index (χ0v) is 5.61. The molecule has 3 nitrogen and oxygen atoms in total. The zero-order valence-electron chi connectivity index (χ0n) is 5.61. The van der Waals surface area contributed by atoms with Gasteiger partial charge in [-0.1, -0.05) is 6.92 Å². The van der Waals surface area contributed by atoms with E-state index in [2.05, 4.69) is 10.6 Å². The highest BCUT2D eigenvalue weighted by atomic mass is 16.1. The summed E-state index contributed by atoms with van der Waals surface area (Å²) in [6.45, 7) is 4.40. The third-order valence-electron chi connectivity index (χ3n) is 1.50. The van der Waals surface area contributed by atoms with E-state index in [0.29, 0.717) is 0 Å². The molecule has 1 amide bonds. The molecule has 3 heteroatoms. The van der Waals surface area contributed by atoms with Gasteiger partial charge < -0.3 is 10.6 Å². The van der Waals surface area contributed by atoms with Crippen molar-refractivity contribution >= 4 is 5.91 Å². The van der Waals surface area contributed by atoms with Crippen LogP contribution in [0.1, 0.15) is 6.92 Å². The van der Waals surface area contributed by atoms with E-state index in [1.54, 1.807) is 0 Å². The number of nitrogens with one attached hydrogen (secondary N) is 2. The van der Waals surface area contributed by atoms with Crippen LogP contribution in [-0.4, -0.2) is 25.5 Å². The summed E-state index contributed by atoms with van der Waals surface area (Å²) in [6, 6.07) is 0. The van der Waals surface area contributed by atoms with Crippen molar-refractivity contribution in [3.8, 4) is 0 Å². The summed E-state index contributed by atoms with van der Waals surface area (Å²) in [7, 11) is 0. The lowest BCUT2D eigenvalue weighted by atomic mass is 10.2. The normalized spacial score (nSPS) is 29.0. The van der Waals surface area contributed by atoms with Gasteiger partial charge in [-0.3, -0.25) is 4.79 Å². The fourth-order valence-corrected chi connectivity index (χ4v) is 0.860. The van der Waals surface area contributed by atoms with Crippen molar-refractivity contribution in [2.45, 2.75) is 6.92 Å². The highest BCUT2D eigenvalue weighted by Gasteiger charge is 2.13. The summed E-state index contributed by atoms with van der Waals surface area (Å²) in [5, 5.41) is 5.94. The van der Waals surface area contributed by atoms with E-state index in [4.69, 9.17) is 0 Å². The molecule has 0 aliphatic carbocycles. The van der Waals surface area contributed by atoms with E-state index in [0.717, 1.165) is 19.6 Å². The smallest absolute Gasteiger partial charge is 0.224 e. The summed E-state index contributed by atoms with van der Waals surface area (Å²) in [4.78, 5) is 10.9. The number of rotatable bonds is 0. The molecule has 1 saturated heterocycles. The Kier molecular flexibility index (Phi) is 2.05. The minimum Gasteiger partial charge on any atom is -0.355 e. The van der Waals surface area contributed by atoms with Crippen LogP contribution in [0, 0.1) is 5.92 Å². The summed E-state index contributed by atoms with van der Waals surface area (Å²) >= 11 is 0. The molecule has 0 aromatic carbocycles. The second-order valence-electron chi connectivity index (χ2n) is 2.40. The Morgan fingerprint density at radius 1 is 1.56 bits per heavy atom. The van der Waals surface area contributed by atoms with E-state index in [9.17, 15) is 4.79 Å². The molecule has 1 aliphatic rings. The minimum atomic E-state index is 0.132. The van der Waals surface area contributed by atoms with Gasteiger partial charge >= 0.3 is 0 Å². The van der Waals surface area contributed by atoms with Crippen molar-refractivity contribution in [3.05, 3.63) is 0 Å². The molecular weight excluding hydrogens is 116 g/mol. The standard InChI is InChI=1S/C6H12N2O/c1-5-4-7-2-3-8-6(5)9/h5,7H,2-4H2,1H3,(H,8,9). The van der Waals surface area contributed by atoms with Crippen LogP contribution in [0.15, 0.2) is 0 Å². The number of hydrogen-bond donors (Lipinski definition) is 2. The van der Waals surface area contributed by atoms with Gasteiger partial charge in [0.15, 0.2) is 0 Å². The third-order valence-corrected chi connectivity index (χ3v) is 1.50. The van der Waals surface area contributed by atoms with Crippen molar-refractivity contribution in [2.75, 3.05) is 19.6 Å². The van der Waals surface area contributed by atoms with Crippen LogP contribution in [0.4, 0.5) is 0 Å². The van der Waals surface area contributed by atoms with Gasteiger partial charge in [-0.25, -0.2) is 0 Å². The molecule has 1 aliphatic heterocycles. The first-order valence-corrected chi connectivity index (χ1v) is 3.29. The predicted molar refractivity (Wildman–Crippen MR) is 35.0 cm³/mol. The molecule has 1 heterocycles. The molecular formula is C6H12N2O. The summed E-state index contributed by atoms with van der Waals surface area (Å²) in [5.41, 5.74) is 0. The molecule has 0 bridgehead atoms. The van der Waals surface area contributed by atoms with Crippen LogP contribution in [-0.2, 0) is 4.79 Å². The fourth-order valence-electron chi connectivity index (χ4n) is 0.860. The predicted octanol–water partition coefficient (Wildman–Crippen LogP) is -0.658. The van der Waals surface area contributed by atoms with Crippen LogP contribution < -0.4 is 10.6 Å². The lowest BCUT2D eigenvalue weighted by Crippen LogP contribution is -2.28. The Labute approximate surface area is 54.8 Å². The van der Waals surface area contributed by atoms with Crippen molar-refractivity contribution in [1.82, 2.24) is 10.6 Å². The molecule has 0 aromatic heterocycles. The third kappa shape index (κ3) is 1.68. The van der Waals surface area contributed by atoms with E-state index < -0.39 is 0 Å². The van der Waals surface area contributed by atoms with Gasteiger partial charge in [0.25, 0.3) is 0 Å². The first kappa shape index (κ1) is 6.55. The first-order chi connectivity index (χ1) is 4.30.